The van der Waals surface area contributed by atoms with E-state index in [0.717, 1.165) is 56.2 Å². The normalized spacial score (nSPS) is 10.8. The Kier molecular flexibility index (Phi) is 5.91. The van der Waals surface area contributed by atoms with Crippen LogP contribution in [-0.4, -0.2) is 9.97 Å². The predicted octanol–water partition coefficient (Wildman–Crippen LogP) is 8.81. The van der Waals surface area contributed by atoms with E-state index in [1.165, 1.54) is 0 Å². The molecule has 2 heteroatoms. The van der Waals surface area contributed by atoms with Crippen molar-refractivity contribution < 1.29 is 0 Å². The lowest BCUT2D eigenvalue weighted by Crippen LogP contribution is -1.94. The summed E-state index contributed by atoms with van der Waals surface area (Å²) in [6, 6.07) is 50.2. The molecule has 0 aliphatic rings. The van der Waals surface area contributed by atoms with Gasteiger partial charge in [0.05, 0.1) is 22.8 Å². The van der Waals surface area contributed by atoms with Crippen LogP contribution in [0.5, 0.6) is 0 Å². The van der Waals surface area contributed by atoms with Crippen molar-refractivity contribution in [2.24, 2.45) is 0 Å². The minimum Gasteiger partial charge on any atom is -0.248 e. The SMILES string of the molecule is c1ccc(-c2cc(-c3cc(-c4ccccc4)nc(-c4ccccc4)c3)cc(-c3ccccc3)n2)cc1. The number of benzene rings is 4. The highest BCUT2D eigenvalue weighted by atomic mass is 14.7. The standard InChI is InChI=1S/C34H24N2/c1-5-13-25(14-6-1)31-21-29(22-32(35-31)26-15-7-2-8-16-26)30-23-33(27-17-9-3-10-18-27)36-34(24-30)28-19-11-4-12-20-28/h1-24H. The fourth-order valence-corrected chi connectivity index (χ4v) is 4.42. The number of hydrogen-bond acceptors (Lipinski definition) is 2. The van der Waals surface area contributed by atoms with Crippen molar-refractivity contribution in [1.82, 2.24) is 9.97 Å². The van der Waals surface area contributed by atoms with Gasteiger partial charge in [-0.3, -0.25) is 0 Å². The third-order valence-electron chi connectivity index (χ3n) is 6.26. The number of aromatic nitrogens is 2. The average Bonchev–Trinajstić information content (AvgIpc) is 2.98. The molecule has 0 aliphatic carbocycles. The molecular formula is C34H24N2. The van der Waals surface area contributed by atoms with Crippen LogP contribution < -0.4 is 0 Å². The largest absolute Gasteiger partial charge is 0.248 e. The second-order valence-electron chi connectivity index (χ2n) is 8.72. The lowest BCUT2D eigenvalue weighted by Gasteiger charge is -2.13. The molecule has 0 saturated heterocycles. The Labute approximate surface area is 211 Å². The highest BCUT2D eigenvalue weighted by Crippen LogP contribution is 2.34. The van der Waals surface area contributed by atoms with Gasteiger partial charge in [-0.05, 0) is 35.4 Å². The molecule has 0 bridgehead atoms. The van der Waals surface area contributed by atoms with Gasteiger partial charge in [0.15, 0.2) is 0 Å². The smallest absolute Gasteiger partial charge is 0.0715 e. The van der Waals surface area contributed by atoms with Crippen molar-refractivity contribution in [3.63, 3.8) is 0 Å². The topological polar surface area (TPSA) is 25.8 Å². The summed E-state index contributed by atoms with van der Waals surface area (Å²) in [6.07, 6.45) is 0. The molecule has 0 spiro atoms. The zero-order valence-electron chi connectivity index (χ0n) is 19.8. The molecule has 36 heavy (non-hydrogen) atoms. The van der Waals surface area contributed by atoms with Crippen LogP contribution in [0, 0.1) is 0 Å². The van der Waals surface area contributed by atoms with Gasteiger partial charge in [-0.25, -0.2) is 9.97 Å². The molecule has 0 amide bonds. The maximum Gasteiger partial charge on any atom is 0.0715 e. The third-order valence-corrected chi connectivity index (χ3v) is 6.26. The van der Waals surface area contributed by atoms with Gasteiger partial charge in [0.25, 0.3) is 0 Å². The predicted molar refractivity (Wildman–Crippen MR) is 149 cm³/mol. The summed E-state index contributed by atoms with van der Waals surface area (Å²) in [5, 5.41) is 0. The van der Waals surface area contributed by atoms with Crippen LogP contribution in [-0.2, 0) is 0 Å². The molecule has 0 atom stereocenters. The first kappa shape index (κ1) is 21.7. The van der Waals surface area contributed by atoms with Gasteiger partial charge in [-0.1, -0.05) is 121 Å². The zero-order valence-corrected chi connectivity index (χ0v) is 19.8. The highest BCUT2D eigenvalue weighted by molar-refractivity contribution is 5.81. The Hall–Kier alpha value is -4.82. The first-order valence-electron chi connectivity index (χ1n) is 12.1. The molecule has 6 rings (SSSR count). The van der Waals surface area contributed by atoms with Gasteiger partial charge in [-0.15, -0.1) is 0 Å². The van der Waals surface area contributed by atoms with Crippen molar-refractivity contribution in [3.8, 4) is 56.2 Å². The Morgan fingerprint density at radius 1 is 0.250 bits per heavy atom. The zero-order chi connectivity index (χ0) is 24.2. The van der Waals surface area contributed by atoms with E-state index in [1.54, 1.807) is 0 Å². The van der Waals surface area contributed by atoms with Crippen LogP contribution in [0.2, 0.25) is 0 Å². The summed E-state index contributed by atoms with van der Waals surface area (Å²) < 4.78 is 0. The number of pyridine rings is 2. The number of rotatable bonds is 5. The molecule has 2 aromatic heterocycles. The summed E-state index contributed by atoms with van der Waals surface area (Å²) in [5.74, 6) is 0. The van der Waals surface area contributed by atoms with Crippen molar-refractivity contribution in [2.75, 3.05) is 0 Å². The second-order valence-corrected chi connectivity index (χ2v) is 8.72. The van der Waals surface area contributed by atoms with Gasteiger partial charge < -0.3 is 0 Å². The average molecular weight is 461 g/mol. The van der Waals surface area contributed by atoms with Gasteiger partial charge in [0, 0.05) is 22.3 Å². The molecular weight excluding hydrogens is 436 g/mol. The van der Waals surface area contributed by atoms with Gasteiger partial charge >= 0.3 is 0 Å². The number of nitrogens with zero attached hydrogens (tertiary/aromatic N) is 2. The van der Waals surface area contributed by atoms with Crippen LogP contribution >= 0.6 is 0 Å². The second kappa shape index (κ2) is 9.81. The van der Waals surface area contributed by atoms with Crippen LogP contribution in [0.1, 0.15) is 0 Å². The van der Waals surface area contributed by atoms with Gasteiger partial charge in [-0.2, -0.15) is 0 Å². The molecule has 0 radical (unpaired) electrons. The maximum absolute atomic E-state index is 5.04. The molecule has 4 aromatic carbocycles. The van der Waals surface area contributed by atoms with E-state index >= 15 is 0 Å². The molecule has 2 nitrogen and oxygen atoms in total. The van der Waals surface area contributed by atoms with E-state index in [0.29, 0.717) is 0 Å². The van der Waals surface area contributed by atoms with E-state index in [9.17, 15) is 0 Å². The molecule has 170 valence electrons. The van der Waals surface area contributed by atoms with E-state index < -0.39 is 0 Å². The van der Waals surface area contributed by atoms with Crippen LogP contribution in [0.3, 0.4) is 0 Å². The minimum atomic E-state index is 0.950. The molecule has 0 unspecified atom stereocenters. The Morgan fingerprint density at radius 3 is 0.694 bits per heavy atom. The molecule has 0 fully saturated rings. The molecule has 0 N–H and O–H groups in total. The Morgan fingerprint density at radius 2 is 0.472 bits per heavy atom. The van der Waals surface area contributed by atoms with E-state index in [1.807, 2.05) is 24.3 Å². The van der Waals surface area contributed by atoms with Gasteiger partial charge in [0.2, 0.25) is 0 Å². The fourth-order valence-electron chi connectivity index (χ4n) is 4.42. The summed E-state index contributed by atoms with van der Waals surface area (Å²) >= 11 is 0. The van der Waals surface area contributed by atoms with Crippen molar-refractivity contribution in [2.45, 2.75) is 0 Å². The van der Waals surface area contributed by atoms with E-state index in [2.05, 4.69) is 121 Å². The fraction of sp³-hybridized carbons (Fsp3) is 0. The van der Waals surface area contributed by atoms with E-state index in [4.69, 9.17) is 9.97 Å². The Balaban J connectivity index is 1.58. The maximum atomic E-state index is 5.04. The minimum absolute atomic E-state index is 0.950. The highest BCUT2D eigenvalue weighted by Gasteiger charge is 2.12. The molecule has 0 saturated carbocycles. The van der Waals surface area contributed by atoms with Crippen molar-refractivity contribution in [1.29, 1.82) is 0 Å². The lowest BCUT2D eigenvalue weighted by molar-refractivity contribution is 1.30. The molecule has 6 aromatic rings. The first-order valence-corrected chi connectivity index (χ1v) is 12.1. The number of hydrogen-bond donors (Lipinski definition) is 0. The monoisotopic (exact) mass is 460 g/mol. The Bertz CT molecular complexity index is 1350. The van der Waals surface area contributed by atoms with Crippen molar-refractivity contribution in [3.05, 3.63) is 146 Å². The van der Waals surface area contributed by atoms with Crippen LogP contribution in [0.4, 0.5) is 0 Å². The summed E-state index contributed by atoms with van der Waals surface area (Å²) in [6.45, 7) is 0. The summed E-state index contributed by atoms with van der Waals surface area (Å²) in [4.78, 5) is 10.1. The lowest BCUT2D eigenvalue weighted by atomic mass is 9.97. The van der Waals surface area contributed by atoms with E-state index in [-0.39, 0.29) is 0 Å². The van der Waals surface area contributed by atoms with Crippen LogP contribution in [0.15, 0.2) is 146 Å². The molecule has 0 aliphatic heterocycles. The summed E-state index contributed by atoms with van der Waals surface area (Å²) in [5.41, 5.74) is 10.4. The third kappa shape index (κ3) is 4.57. The first-order chi connectivity index (χ1) is 17.8. The molecule has 2 heterocycles. The van der Waals surface area contributed by atoms with Gasteiger partial charge in [0.1, 0.15) is 0 Å². The quantitative estimate of drug-likeness (QED) is 0.257. The van der Waals surface area contributed by atoms with Crippen LogP contribution in [0.25, 0.3) is 56.2 Å². The van der Waals surface area contributed by atoms with Crippen molar-refractivity contribution >= 4 is 0 Å². The summed E-state index contributed by atoms with van der Waals surface area (Å²) in [7, 11) is 0.